The third-order valence-corrected chi connectivity index (χ3v) is 3.38. The Morgan fingerprint density at radius 2 is 2.00 bits per heavy atom. The van der Waals surface area contributed by atoms with Crippen LogP contribution in [-0.2, 0) is 0 Å². The second-order valence-corrected chi connectivity index (χ2v) is 5.19. The zero-order valence-electron chi connectivity index (χ0n) is 11.9. The fourth-order valence-electron chi connectivity index (χ4n) is 1.95. The number of hydrogen-bond donors (Lipinski definition) is 1. The van der Waals surface area contributed by atoms with Crippen molar-refractivity contribution in [2.24, 2.45) is 0 Å². The van der Waals surface area contributed by atoms with Crippen molar-refractivity contribution in [1.82, 2.24) is 0 Å². The Balaban J connectivity index is 2.09. The van der Waals surface area contributed by atoms with Crippen molar-refractivity contribution < 1.29 is 14.6 Å². The minimum absolute atomic E-state index is 0.00614. The highest BCUT2D eigenvalue weighted by Crippen LogP contribution is 2.25. The molecule has 1 unspecified atom stereocenters. The normalized spacial score (nSPS) is 11.5. The van der Waals surface area contributed by atoms with Crippen molar-refractivity contribution in [3.8, 4) is 11.8 Å². The number of aliphatic hydroxyl groups is 1. The van der Waals surface area contributed by atoms with Gasteiger partial charge in [0.1, 0.15) is 18.5 Å². The number of nitriles is 1. The van der Waals surface area contributed by atoms with Crippen LogP contribution in [0.4, 0.5) is 0 Å². The number of rotatable bonds is 5. The fraction of sp³-hybridized carbons (Fsp3) is 0.176. The van der Waals surface area contributed by atoms with Crippen molar-refractivity contribution >= 4 is 17.4 Å². The van der Waals surface area contributed by atoms with Gasteiger partial charge >= 0.3 is 0 Å². The molecule has 2 aromatic carbocycles. The Morgan fingerprint density at radius 3 is 2.59 bits per heavy atom. The Labute approximate surface area is 133 Å². The minimum Gasteiger partial charge on any atom is -0.490 e. The number of benzene rings is 2. The molecule has 0 radical (unpaired) electrons. The van der Waals surface area contributed by atoms with E-state index >= 15 is 0 Å². The summed E-state index contributed by atoms with van der Waals surface area (Å²) in [6.45, 7) is 1.42. The second-order valence-electron chi connectivity index (χ2n) is 4.76. The fourth-order valence-corrected chi connectivity index (χ4v) is 2.12. The number of carbonyl (C=O) groups is 1. The van der Waals surface area contributed by atoms with Gasteiger partial charge in [0.05, 0.1) is 17.2 Å². The van der Waals surface area contributed by atoms with Crippen molar-refractivity contribution in [2.45, 2.75) is 13.0 Å². The van der Waals surface area contributed by atoms with Crippen LogP contribution in [-0.4, -0.2) is 17.5 Å². The molecule has 2 aromatic rings. The highest BCUT2D eigenvalue weighted by atomic mass is 35.5. The van der Waals surface area contributed by atoms with E-state index in [9.17, 15) is 9.90 Å². The molecule has 5 heteroatoms. The van der Waals surface area contributed by atoms with E-state index in [1.54, 1.807) is 36.4 Å². The van der Waals surface area contributed by atoms with Gasteiger partial charge in [-0.25, -0.2) is 0 Å². The lowest BCUT2D eigenvalue weighted by Crippen LogP contribution is -2.11. The van der Waals surface area contributed by atoms with Gasteiger partial charge in [0, 0.05) is 5.02 Å². The molecule has 1 atom stereocenters. The summed E-state index contributed by atoms with van der Waals surface area (Å²) in [5, 5.41) is 19.3. The molecule has 2 rings (SSSR count). The maximum atomic E-state index is 11.6. The summed E-state index contributed by atoms with van der Waals surface area (Å²) in [5.74, 6) is 0.218. The maximum Gasteiger partial charge on any atom is 0.163 e. The lowest BCUT2D eigenvalue weighted by molar-refractivity contribution is 0.0977. The maximum absolute atomic E-state index is 11.6. The third-order valence-electron chi connectivity index (χ3n) is 3.14. The average molecular weight is 316 g/mol. The summed E-state index contributed by atoms with van der Waals surface area (Å²) >= 11 is 5.86. The van der Waals surface area contributed by atoms with Crippen LogP contribution >= 0.6 is 11.6 Å². The standard InChI is InChI=1S/C17H14ClNO3/c1-11(20)15-8-14(18)6-7-17(15)22-10-16(21)13-4-2-12(9-19)3-5-13/h2-8,16,21H,10H2,1H3. The molecule has 0 aliphatic carbocycles. The first-order valence-corrected chi connectivity index (χ1v) is 7.00. The molecule has 1 N–H and O–H groups in total. The van der Waals surface area contributed by atoms with Gasteiger partial charge in [-0.15, -0.1) is 0 Å². The molecule has 0 spiro atoms. The van der Waals surface area contributed by atoms with Crippen LogP contribution in [0.15, 0.2) is 42.5 Å². The zero-order valence-corrected chi connectivity index (χ0v) is 12.7. The minimum atomic E-state index is -0.858. The molecule has 0 bridgehead atoms. The SMILES string of the molecule is CC(=O)c1cc(Cl)ccc1OCC(O)c1ccc(C#N)cc1. The number of ketones is 1. The summed E-state index contributed by atoms with van der Waals surface area (Å²) in [6.07, 6.45) is -0.858. The predicted octanol–water partition coefficient (Wildman–Crippen LogP) is 3.53. The lowest BCUT2D eigenvalue weighted by atomic mass is 10.1. The molecule has 0 saturated carbocycles. The largest absolute Gasteiger partial charge is 0.490 e. The number of Topliss-reactive ketones (excluding diaryl/α,β-unsaturated/α-hetero) is 1. The molecule has 0 aliphatic heterocycles. The van der Waals surface area contributed by atoms with E-state index < -0.39 is 6.10 Å². The number of nitrogens with zero attached hydrogens (tertiary/aromatic N) is 1. The van der Waals surface area contributed by atoms with E-state index in [-0.39, 0.29) is 12.4 Å². The topological polar surface area (TPSA) is 70.3 Å². The molecule has 0 heterocycles. The van der Waals surface area contributed by atoms with E-state index in [0.717, 1.165) is 0 Å². The van der Waals surface area contributed by atoms with Crippen molar-refractivity contribution in [2.75, 3.05) is 6.61 Å². The summed E-state index contributed by atoms with van der Waals surface area (Å²) < 4.78 is 5.53. The third kappa shape index (κ3) is 3.85. The highest BCUT2D eigenvalue weighted by Gasteiger charge is 2.13. The van der Waals surface area contributed by atoms with E-state index in [4.69, 9.17) is 21.6 Å². The molecule has 0 aromatic heterocycles. The second kappa shape index (κ2) is 7.08. The molecular weight excluding hydrogens is 302 g/mol. The van der Waals surface area contributed by atoms with Crippen LogP contribution in [0, 0.1) is 11.3 Å². The average Bonchev–Trinajstić information content (AvgIpc) is 2.53. The van der Waals surface area contributed by atoms with Crippen molar-refractivity contribution in [1.29, 1.82) is 5.26 Å². The Kier molecular flexibility index (Phi) is 5.16. The van der Waals surface area contributed by atoms with Crippen LogP contribution in [0.25, 0.3) is 0 Å². The van der Waals surface area contributed by atoms with Crippen molar-refractivity contribution in [3.05, 3.63) is 64.2 Å². The number of hydrogen-bond acceptors (Lipinski definition) is 4. The molecule has 4 nitrogen and oxygen atoms in total. The first kappa shape index (κ1) is 16.0. The summed E-state index contributed by atoms with van der Waals surface area (Å²) in [7, 11) is 0. The molecule has 112 valence electrons. The van der Waals surface area contributed by atoms with Gasteiger partial charge in [-0.3, -0.25) is 4.79 Å². The van der Waals surface area contributed by atoms with E-state index in [0.29, 0.717) is 27.5 Å². The monoisotopic (exact) mass is 315 g/mol. The molecule has 0 saturated heterocycles. The molecule has 0 amide bonds. The van der Waals surface area contributed by atoms with Gasteiger partial charge in [0.25, 0.3) is 0 Å². The summed E-state index contributed by atoms with van der Waals surface area (Å²) in [4.78, 5) is 11.6. The Bertz CT molecular complexity index is 720. The van der Waals surface area contributed by atoms with Crippen LogP contribution in [0.3, 0.4) is 0 Å². The number of halogens is 1. The van der Waals surface area contributed by atoms with E-state index in [1.165, 1.54) is 13.0 Å². The zero-order chi connectivity index (χ0) is 16.1. The molecule has 22 heavy (non-hydrogen) atoms. The van der Waals surface area contributed by atoms with Gasteiger partial charge < -0.3 is 9.84 Å². The van der Waals surface area contributed by atoms with Gasteiger partial charge in [-0.1, -0.05) is 23.7 Å². The van der Waals surface area contributed by atoms with Crippen LogP contribution in [0.5, 0.6) is 5.75 Å². The molecule has 0 aliphatic rings. The summed E-state index contributed by atoms with van der Waals surface area (Å²) in [5.41, 5.74) is 1.53. The Hall–Kier alpha value is -2.35. The smallest absolute Gasteiger partial charge is 0.163 e. The van der Waals surface area contributed by atoms with Gasteiger partial charge in [0.2, 0.25) is 0 Å². The highest BCUT2D eigenvalue weighted by molar-refractivity contribution is 6.31. The van der Waals surface area contributed by atoms with Crippen LogP contribution < -0.4 is 4.74 Å². The summed E-state index contributed by atoms with van der Waals surface area (Å²) in [6, 6.07) is 13.4. The van der Waals surface area contributed by atoms with Gasteiger partial charge in [0.15, 0.2) is 5.78 Å². The number of ether oxygens (including phenoxy) is 1. The van der Waals surface area contributed by atoms with E-state index in [1.807, 2.05) is 6.07 Å². The Morgan fingerprint density at radius 1 is 1.32 bits per heavy atom. The number of aliphatic hydroxyl groups excluding tert-OH is 1. The molecule has 0 fully saturated rings. The predicted molar refractivity (Wildman–Crippen MR) is 83.1 cm³/mol. The van der Waals surface area contributed by atoms with Crippen LogP contribution in [0.2, 0.25) is 5.02 Å². The van der Waals surface area contributed by atoms with Gasteiger partial charge in [-0.05, 0) is 42.8 Å². The lowest BCUT2D eigenvalue weighted by Gasteiger charge is -2.14. The van der Waals surface area contributed by atoms with Gasteiger partial charge in [-0.2, -0.15) is 5.26 Å². The van der Waals surface area contributed by atoms with Crippen LogP contribution in [0.1, 0.15) is 34.5 Å². The molecular formula is C17H14ClNO3. The van der Waals surface area contributed by atoms with E-state index in [2.05, 4.69) is 0 Å². The van der Waals surface area contributed by atoms with Crippen molar-refractivity contribution in [3.63, 3.8) is 0 Å². The first-order chi connectivity index (χ1) is 10.5. The first-order valence-electron chi connectivity index (χ1n) is 6.62. The number of carbonyl (C=O) groups excluding carboxylic acids is 1. The quantitative estimate of drug-likeness (QED) is 0.857.